The van der Waals surface area contributed by atoms with Crippen molar-refractivity contribution in [1.82, 2.24) is 14.8 Å². The zero-order valence-corrected chi connectivity index (χ0v) is 20.2. The van der Waals surface area contributed by atoms with Crippen molar-refractivity contribution < 1.29 is 19.4 Å². The maximum absolute atomic E-state index is 12.9. The predicted molar refractivity (Wildman–Crippen MR) is 138 cm³/mol. The van der Waals surface area contributed by atoms with E-state index < -0.39 is 17.7 Å². The minimum absolute atomic E-state index is 0.0558. The predicted octanol–water partition coefficient (Wildman–Crippen LogP) is 3.15. The van der Waals surface area contributed by atoms with Crippen LogP contribution in [0.4, 0.5) is 5.69 Å². The molecular weight excluding hydrogens is 476 g/mol. The summed E-state index contributed by atoms with van der Waals surface area (Å²) in [6, 6.07) is 17.7. The molecule has 0 saturated heterocycles. The topological polar surface area (TPSA) is 168 Å². The van der Waals surface area contributed by atoms with Crippen molar-refractivity contribution in [3.63, 3.8) is 0 Å². The maximum atomic E-state index is 12.9. The molecule has 4 aromatic rings. The van der Waals surface area contributed by atoms with Crippen molar-refractivity contribution in [3.8, 4) is 17.2 Å². The van der Waals surface area contributed by atoms with Gasteiger partial charge in [0.25, 0.3) is 0 Å². The molecule has 11 nitrogen and oxygen atoms in total. The number of amidine groups is 1. The second-order valence-corrected chi connectivity index (χ2v) is 7.96. The Hall–Kier alpha value is -5.06. The van der Waals surface area contributed by atoms with Crippen LogP contribution in [0.1, 0.15) is 40.3 Å². The van der Waals surface area contributed by atoms with Crippen molar-refractivity contribution in [1.29, 1.82) is 5.41 Å². The van der Waals surface area contributed by atoms with Crippen LogP contribution in [-0.4, -0.2) is 45.4 Å². The number of hydrogen-bond donors (Lipinski definition) is 5. The number of hydrogen-bond acceptors (Lipinski definition) is 7. The summed E-state index contributed by atoms with van der Waals surface area (Å²) in [6.07, 6.45) is 0. The summed E-state index contributed by atoms with van der Waals surface area (Å²) in [5.41, 5.74) is 6.99. The molecule has 190 valence electrons. The molecule has 1 aromatic heterocycles. The lowest BCUT2D eigenvalue weighted by Gasteiger charge is -2.20. The smallest absolute Gasteiger partial charge is 0.348 e. The van der Waals surface area contributed by atoms with Gasteiger partial charge in [0, 0.05) is 11.3 Å². The highest BCUT2D eigenvalue weighted by atomic mass is 16.5. The molecule has 1 unspecified atom stereocenters. The molecule has 4 rings (SSSR count). The number of H-pyrrole nitrogens is 1. The molecule has 11 heteroatoms. The Kier molecular flexibility index (Phi) is 7.23. The summed E-state index contributed by atoms with van der Waals surface area (Å²) in [5, 5.41) is 25.0. The molecule has 0 spiro atoms. The summed E-state index contributed by atoms with van der Waals surface area (Å²) in [4.78, 5) is 27.4. The van der Waals surface area contributed by atoms with Gasteiger partial charge in [0.2, 0.25) is 0 Å². The number of nitrogen functional groups attached to an aromatic ring is 1. The van der Waals surface area contributed by atoms with Crippen LogP contribution in [-0.2, 0) is 0 Å². The number of carboxylic acids is 1. The summed E-state index contributed by atoms with van der Waals surface area (Å²) in [6.45, 7) is 2.28. The first-order valence-electron chi connectivity index (χ1n) is 11.4. The first kappa shape index (κ1) is 25.0. The van der Waals surface area contributed by atoms with E-state index in [-0.39, 0.29) is 22.9 Å². The molecular formula is C26H26N6O5. The normalized spacial score (nSPS) is 11.5. The van der Waals surface area contributed by atoms with E-state index in [0.29, 0.717) is 34.9 Å². The highest BCUT2D eigenvalue weighted by molar-refractivity contribution is 5.95. The molecule has 0 aliphatic carbocycles. The fraction of sp³-hybridized carbons (Fsp3) is 0.154. The van der Waals surface area contributed by atoms with Gasteiger partial charge in [-0.2, -0.15) is 4.68 Å². The number of anilines is 1. The number of carboxylic acid groups (broad SMARTS) is 1. The van der Waals surface area contributed by atoms with Crippen LogP contribution in [0, 0.1) is 5.41 Å². The van der Waals surface area contributed by atoms with Gasteiger partial charge in [-0.3, -0.25) is 10.4 Å². The zero-order valence-electron chi connectivity index (χ0n) is 20.2. The average molecular weight is 503 g/mol. The van der Waals surface area contributed by atoms with Crippen molar-refractivity contribution in [2.45, 2.75) is 13.0 Å². The van der Waals surface area contributed by atoms with Gasteiger partial charge in [0.05, 0.1) is 25.0 Å². The van der Waals surface area contributed by atoms with Crippen LogP contribution in [0.2, 0.25) is 0 Å². The van der Waals surface area contributed by atoms with E-state index in [1.54, 1.807) is 55.6 Å². The van der Waals surface area contributed by atoms with Gasteiger partial charge in [0.15, 0.2) is 17.3 Å². The van der Waals surface area contributed by atoms with E-state index in [1.807, 2.05) is 13.0 Å². The first-order chi connectivity index (χ1) is 17.8. The number of nitrogens with zero attached hydrogens (tertiary/aromatic N) is 2. The molecule has 3 aromatic carbocycles. The van der Waals surface area contributed by atoms with Gasteiger partial charge in [-0.25, -0.2) is 9.59 Å². The second-order valence-electron chi connectivity index (χ2n) is 7.96. The van der Waals surface area contributed by atoms with E-state index in [0.717, 1.165) is 4.68 Å². The van der Waals surface area contributed by atoms with Crippen LogP contribution in [0.5, 0.6) is 11.5 Å². The summed E-state index contributed by atoms with van der Waals surface area (Å²) >= 11 is 0. The fourth-order valence-electron chi connectivity index (χ4n) is 3.84. The van der Waals surface area contributed by atoms with E-state index in [4.69, 9.17) is 20.6 Å². The molecule has 0 bridgehead atoms. The number of rotatable bonds is 10. The number of methoxy groups -OCH3 is 1. The van der Waals surface area contributed by atoms with E-state index in [1.165, 1.54) is 12.1 Å². The minimum Gasteiger partial charge on any atom is -0.493 e. The van der Waals surface area contributed by atoms with Gasteiger partial charge in [-0.05, 0) is 61.0 Å². The zero-order chi connectivity index (χ0) is 26.5. The number of ether oxygens (including phenoxy) is 2. The largest absolute Gasteiger partial charge is 0.493 e. The maximum Gasteiger partial charge on any atom is 0.348 e. The highest BCUT2D eigenvalue weighted by Crippen LogP contribution is 2.33. The lowest BCUT2D eigenvalue weighted by molar-refractivity contribution is 0.0696. The minimum atomic E-state index is -1.18. The van der Waals surface area contributed by atoms with E-state index in [2.05, 4.69) is 15.4 Å². The van der Waals surface area contributed by atoms with Crippen LogP contribution in [0.15, 0.2) is 71.5 Å². The molecule has 0 amide bonds. The molecule has 0 aliphatic rings. The Morgan fingerprint density at radius 2 is 1.89 bits per heavy atom. The molecule has 1 atom stereocenters. The van der Waals surface area contributed by atoms with Crippen LogP contribution in [0.3, 0.4) is 0 Å². The third kappa shape index (κ3) is 5.30. The quantitative estimate of drug-likeness (QED) is 0.163. The van der Waals surface area contributed by atoms with Crippen molar-refractivity contribution in [2.24, 2.45) is 5.73 Å². The third-order valence-corrected chi connectivity index (χ3v) is 5.60. The van der Waals surface area contributed by atoms with E-state index in [9.17, 15) is 14.7 Å². The number of nitrogens with one attached hydrogen (secondary N) is 3. The molecule has 1 heterocycles. The van der Waals surface area contributed by atoms with Gasteiger partial charge in [0.1, 0.15) is 11.9 Å². The molecule has 37 heavy (non-hydrogen) atoms. The Morgan fingerprint density at radius 3 is 2.54 bits per heavy atom. The molecule has 0 saturated carbocycles. The second kappa shape index (κ2) is 10.7. The van der Waals surface area contributed by atoms with E-state index >= 15 is 0 Å². The molecule has 0 aliphatic heterocycles. The van der Waals surface area contributed by atoms with Gasteiger partial charge in [-0.15, -0.1) is 5.10 Å². The molecule has 0 fully saturated rings. The van der Waals surface area contributed by atoms with Crippen LogP contribution in [0.25, 0.3) is 5.69 Å². The van der Waals surface area contributed by atoms with Crippen molar-refractivity contribution in [3.05, 3.63) is 99.7 Å². The lowest BCUT2D eigenvalue weighted by atomic mass is 10.0. The first-order valence-corrected chi connectivity index (χ1v) is 11.4. The number of para-hydroxylation sites is 1. The molecule has 6 N–H and O–H groups in total. The van der Waals surface area contributed by atoms with Crippen molar-refractivity contribution >= 4 is 17.5 Å². The number of carbonyl (C=O) groups is 1. The highest BCUT2D eigenvalue weighted by Gasteiger charge is 2.23. The number of aromatic nitrogens is 3. The van der Waals surface area contributed by atoms with Crippen LogP contribution >= 0.6 is 0 Å². The van der Waals surface area contributed by atoms with Crippen molar-refractivity contribution in [2.75, 3.05) is 19.0 Å². The Balaban J connectivity index is 1.82. The van der Waals surface area contributed by atoms with Crippen LogP contribution < -0.4 is 26.2 Å². The summed E-state index contributed by atoms with van der Waals surface area (Å²) in [7, 11) is 1.54. The Morgan fingerprint density at radius 1 is 1.16 bits per heavy atom. The Bertz CT molecular complexity index is 1490. The molecule has 0 radical (unpaired) electrons. The van der Waals surface area contributed by atoms with Gasteiger partial charge >= 0.3 is 11.7 Å². The SMILES string of the molecule is CCOc1cc(C(Nc2ccc(C(=N)N)cc2)c2nn(-c3ccccc3C(=O)O)c(=O)[nH]2)ccc1OC. The lowest BCUT2D eigenvalue weighted by Crippen LogP contribution is -2.18. The van der Waals surface area contributed by atoms with Gasteiger partial charge in [-0.1, -0.05) is 18.2 Å². The summed E-state index contributed by atoms with van der Waals surface area (Å²) < 4.78 is 12.2. The monoisotopic (exact) mass is 502 g/mol. The number of nitrogens with two attached hydrogens (primary N) is 1. The third-order valence-electron chi connectivity index (χ3n) is 5.60. The number of aromatic amines is 1. The average Bonchev–Trinajstić information content (AvgIpc) is 3.28. The number of aromatic carboxylic acids is 1. The fourth-order valence-corrected chi connectivity index (χ4v) is 3.84. The number of benzene rings is 3. The standard InChI is InChI=1S/C26H26N6O5/c1-3-37-21-14-16(10-13-20(21)36-2)22(29-17-11-8-15(9-12-17)23(27)28)24-30-26(35)32(31-24)19-7-5-4-6-18(19)25(33)34/h4-14,22,29H,3H2,1-2H3,(H3,27,28)(H,33,34)(H,30,31,35). The Labute approximate surface area is 212 Å². The van der Waals surface area contributed by atoms with Gasteiger partial charge < -0.3 is 25.6 Å². The summed E-state index contributed by atoms with van der Waals surface area (Å²) in [5.74, 6) is 0.0702.